The third-order valence-electron chi connectivity index (χ3n) is 7.83. The van der Waals surface area contributed by atoms with Gasteiger partial charge in [-0.1, -0.05) is 42.5 Å². The second-order valence-electron chi connectivity index (χ2n) is 10.3. The standard InChI is InChI=1S/C28H34N4O2/c29-27(33)15-21-11-19(13-24-16-30-18-31-24)10-20(12-21)14-25-8-9-28(34)32(25)17-23-6-3-5-22-4-1-2-7-26(22)23/h1-7,16,18-21,25H,8-15,17H2,(H2,29,33)(H,30,31)/t19-,20+,21-,25+/m1/s1. The van der Waals surface area contributed by atoms with Crippen molar-refractivity contribution in [2.24, 2.45) is 23.5 Å². The van der Waals surface area contributed by atoms with Crippen molar-refractivity contribution in [3.63, 3.8) is 0 Å². The van der Waals surface area contributed by atoms with Gasteiger partial charge >= 0.3 is 0 Å². The Labute approximate surface area is 200 Å². The fourth-order valence-corrected chi connectivity index (χ4v) is 6.47. The van der Waals surface area contributed by atoms with Crippen LogP contribution in [0.2, 0.25) is 0 Å². The molecule has 5 rings (SSSR count). The maximum atomic E-state index is 12.9. The SMILES string of the molecule is NC(=O)C[C@@H]1C[C@H](Cc2cnc[nH]2)C[C@H](C[C@@H]2CCC(=O)N2Cc2cccc3ccccc23)C1. The van der Waals surface area contributed by atoms with Gasteiger partial charge in [0.1, 0.15) is 0 Å². The Morgan fingerprint density at radius 3 is 2.68 bits per heavy atom. The van der Waals surface area contributed by atoms with E-state index < -0.39 is 0 Å². The fraction of sp³-hybridized carbons (Fsp3) is 0.464. The second kappa shape index (κ2) is 10.00. The number of nitrogens with two attached hydrogens (primary N) is 1. The van der Waals surface area contributed by atoms with E-state index in [2.05, 4.69) is 57.3 Å². The van der Waals surface area contributed by atoms with E-state index in [1.54, 1.807) is 6.33 Å². The highest BCUT2D eigenvalue weighted by molar-refractivity contribution is 5.86. The van der Waals surface area contributed by atoms with Crippen LogP contribution in [0.25, 0.3) is 10.8 Å². The Kier molecular flexibility index (Phi) is 6.66. The largest absolute Gasteiger partial charge is 0.370 e. The summed E-state index contributed by atoms with van der Waals surface area (Å²) in [6, 6.07) is 15.0. The zero-order valence-corrected chi connectivity index (χ0v) is 19.7. The van der Waals surface area contributed by atoms with Gasteiger partial charge in [0.05, 0.1) is 6.33 Å². The van der Waals surface area contributed by atoms with Gasteiger partial charge in [-0.3, -0.25) is 9.59 Å². The van der Waals surface area contributed by atoms with E-state index >= 15 is 0 Å². The molecule has 2 aromatic carbocycles. The first-order chi connectivity index (χ1) is 16.5. The number of aromatic nitrogens is 2. The Balaban J connectivity index is 1.30. The van der Waals surface area contributed by atoms with Crippen molar-refractivity contribution in [3.8, 4) is 0 Å². The molecule has 1 saturated carbocycles. The van der Waals surface area contributed by atoms with Crippen LogP contribution in [0.15, 0.2) is 55.0 Å². The Morgan fingerprint density at radius 2 is 1.85 bits per heavy atom. The minimum atomic E-state index is -0.209. The maximum absolute atomic E-state index is 12.9. The molecule has 1 saturated heterocycles. The molecule has 0 spiro atoms. The van der Waals surface area contributed by atoms with Crippen LogP contribution in [-0.2, 0) is 22.6 Å². The van der Waals surface area contributed by atoms with Crippen molar-refractivity contribution in [1.29, 1.82) is 0 Å². The molecule has 1 aromatic heterocycles. The highest BCUT2D eigenvalue weighted by Crippen LogP contribution is 2.41. The van der Waals surface area contributed by atoms with Crippen LogP contribution >= 0.6 is 0 Å². The zero-order valence-electron chi connectivity index (χ0n) is 19.7. The topological polar surface area (TPSA) is 92.1 Å². The van der Waals surface area contributed by atoms with Crippen molar-refractivity contribution in [3.05, 3.63) is 66.2 Å². The predicted molar refractivity (Wildman–Crippen MR) is 133 cm³/mol. The average molecular weight is 459 g/mol. The molecular weight excluding hydrogens is 424 g/mol. The van der Waals surface area contributed by atoms with Gasteiger partial charge in [0.25, 0.3) is 0 Å². The highest BCUT2D eigenvalue weighted by Gasteiger charge is 2.36. The monoisotopic (exact) mass is 458 g/mol. The van der Waals surface area contributed by atoms with Gasteiger partial charge in [0.2, 0.25) is 11.8 Å². The average Bonchev–Trinajstić information content (AvgIpc) is 3.44. The molecule has 6 heteroatoms. The molecule has 1 aliphatic carbocycles. The number of imidazole rings is 1. The first-order valence-electron chi connectivity index (χ1n) is 12.6. The molecule has 2 fully saturated rings. The number of rotatable bonds is 8. The van der Waals surface area contributed by atoms with Gasteiger partial charge < -0.3 is 15.6 Å². The lowest BCUT2D eigenvalue weighted by Crippen LogP contribution is -2.36. The molecule has 0 bridgehead atoms. The van der Waals surface area contributed by atoms with E-state index in [1.165, 1.54) is 16.3 Å². The second-order valence-corrected chi connectivity index (χ2v) is 10.3. The maximum Gasteiger partial charge on any atom is 0.223 e. The molecule has 3 N–H and O–H groups in total. The molecule has 2 heterocycles. The van der Waals surface area contributed by atoms with Crippen LogP contribution in [0.1, 0.15) is 56.2 Å². The Bertz CT molecular complexity index is 1140. The first-order valence-corrected chi connectivity index (χ1v) is 12.6. The molecule has 0 unspecified atom stereocenters. The molecule has 0 radical (unpaired) electrons. The molecule has 34 heavy (non-hydrogen) atoms. The summed E-state index contributed by atoms with van der Waals surface area (Å²) in [6.45, 7) is 0.667. The molecule has 1 aliphatic heterocycles. The summed E-state index contributed by atoms with van der Waals surface area (Å²) >= 11 is 0. The van der Waals surface area contributed by atoms with Crippen molar-refractivity contribution >= 4 is 22.6 Å². The fourth-order valence-electron chi connectivity index (χ4n) is 6.47. The summed E-state index contributed by atoms with van der Waals surface area (Å²) in [6.07, 6.45) is 10.8. The molecule has 2 amide bonds. The summed E-state index contributed by atoms with van der Waals surface area (Å²) in [5.74, 6) is 1.38. The number of nitrogens with zero attached hydrogens (tertiary/aromatic N) is 2. The summed E-state index contributed by atoms with van der Waals surface area (Å²) in [7, 11) is 0. The van der Waals surface area contributed by atoms with Crippen molar-refractivity contribution in [2.45, 2.75) is 64.0 Å². The van der Waals surface area contributed by atoms with E-state index in [-0.39, 0.29) is 17.9 Å². The smallest absolute Gasteiger partial charge is 0.223 e. The molecule has 178 valence electrons. The lowest BCUT2D eigenvalue weighted by molar-refractivity contribution is -0.129. The Morgan fingerprint density at radius 1 is 1.06 bits per heavy atom. The number of likely N-dealkylation sites (tertiary alicyclic amines) is 1. The van der Waals surface area contributed by atoms with Gasteiger partial charge in [0, 0.05) is 37.3 Å². The minimum Gasteiger partial charge on any atom is -0.370 e. The van der Waals surface area contributed by atoms with Gasteiger partial charge in [-0.2, -0.15) is 0 Å². The normalized spacial score (nSPS) is 25.2. The molecule has 2 aliphatic rings. The zero-order chi connectivity index (χ0) is 23.5. The number of carbonyl (C=O) groups is 2. The number of fused-ring (bicyclic) bond motifs is 1. The lowest BCUT2D eigenvalue weighted by Gasteiger charge is -2.37. The number of H-pyrrole nitrogens is 1. The minimum absolute atomic E-state index is 0.209. The van der Waals surface area contributed by atoms with Crippen molar-refractivity contribution in [1.82, 2.24) is 14.9 Å². The van der Waals surface area contributed by atoms with Crippen LogP contribution < -0.4 is 5.73 Å². The molecule has 6 nitrogen and oxygen atoms in total. The number of primary amides is 1. The molecule has 4 atom stereocenters. The number of nitrogens with one attached hydrogen (secondary N) is 1. The van der Waals surface area contributed by atoms with Gasteiger partial charge in [-0.15, -0.1) is 0 Å². The van der Waals surface area contributed by atoms with Crippen LogP contribution in [-0.4, -0.2) is 32.7 Å². The predicted octanol–water partition coefficient (Wildman–Crippen LogP) is 4.59. The van der Waals surface area contributed by atoms with Crippen molar-refractivity contribution < 1.29 is 9.59 Å². The quantitative estimate of drug-likeness (QED) is 0.517. The summed E-state index contributed by atoms with van der Waals surface area (Å²) in [5.41, 5.74) is 7.94. The first kappa shape index (κ1) is 22.6. The third kappa shape index (κ3) is 5.16. The number of carbonyl (C=O) groups excluding carboxylic acids is 2. The van der Waals surface area contributed by atoms with Crippen LogP contribution in [0.3, 0.4) is 0 Å². The van der Waals surface area contributed by atoms with Gasteiger partial charge in [-0.25, -0.2) is 4.98 Å². The van der Waals surface area contributed by atoms with E-state index in [4.69, 9.17) is 5.73 Å². The number of hydrogen-bond donors (Lipinski definition) is 2. The number of aromatic amines is 1. The molecular formula is C28H34N4O2. The number of hydrogen-bond acceptors (Lipinski definition) is 3. The van der Waals surface area contributed by atoms with E-state index in [9.17, 15) is 9.59 Å². The van der Waals surface area contributed by atoms with Crippen LogP contribution in [0.4, 0.5) is 0 Å². The third-order valence-corrected chi connectivity index (χ3v) is 7.83. The van der Waals surface area contributed by atoms with E-state index in [1.807, 2.05) is 6.20 Å². The van der Waals surface area contributed by atoms with E-state index in [0.717, 1.165) is 44.2 Å². The summed E-state index contributed by atoms with van der Waals surface area (Å²) in [4.78, 5) is 34.1. The van der Waals surface area contributed by atoms with Gasteiger partial charge in [-0.05, 0) is 72.6 Å². The highest BCUT2D eigenvalue weighted by atomic mass is 16.2. The van der Waals surface area contributed by atoms with Crippen molar-refractivity contribution in [2.75, 3.05) is 0 Å². The summed E-state index contributed by atoms with van der Waals surface area (Å²) < 4.78 is 0. The van der Waals surface area contributed by atoms with E-state index in [0.29, 0.717) is 37.1 Å². The van der Waals surface area contributed by atoms with Crippen LogP contribution in [0, 0.1) is 17.8 Å². The molecule has 3 aromatic rings. The van der Waals surface area contributed by atoms with Gasteiger partial charge in [0.15, 0.2) is 0 Å². The summed E-state index contributed by atoms with van der Waals surface area (Å²) in [5, 5.41) is 2.44. The lowest BCUT2D eigenvalue weighted by atomic mass is 9.70. The number of benzene rings is 2. The Hall–Kier alpha value is -3.15. The number of amides is 2. The van der Waals surface area contributed by atoms with Crippen LogP contribution in [0.5, 0.6) is 0 Å².